The SMILES string of the molecule is CC(C)C[C@@H](/C=C/S(C)(=O)=O)NC(=O)[C@H](CC(C)C)NC(=O)[C@H](Cc1ccncc1)NC(=O)C(Cc1ccccc1)N=[N+]=[N-]. The minimum atomic E-state index is -3.41. The van der Waals surface area contributed by atoms with E-state index in [1.165, 1.54) is 6.08 Å². The van der Waals surface area contributed by atoms with E-state index in [9.17, 15) is 22.8 Å². The first-order chi connectivity index (χ1) is 20.8. The van der Waals surface area contributed by atoms with E-state index in [4.69, 9.17) is 5.53 Å². The molecule has 0 spiro atoms. The minimum Gasteiger partial charge on any atom is -0.348 e. The van der Waals surface area contributed by atoms with Gasteiger partial charge in [0.25, 0.3) is 0 Å². The van der Waals surface area contributed by atoms with Gasteiger partial charge in [-0.3, -0.25) is 19.4 Å². The summed E-state index contributed by atoms with van der Waals surface area (Å²) < 4.78 is 23.4. The highest BCUT2D eigenvalue weighted by molar-refractivity contribution is 7.93. The Kier molecular flexibility index (Phi) is 14.5. The van der Waals surface area contributed by atoms with E-state index in [0.717, 1.165) is 22.8 Å². The summed E-state index contributed by atoms with van der Waals surface area (Å²) in [5, 5.41) is 13.1. The van der Waals surface area contributed by atoms with E-state index in [0.29, 0.717) is 12.8 Å². The third-order valence-corrected chi connectivity index (χ3v) is 7.19. The summed E-state index contributed by atoms with van der Waals surface area (Å²) in [7, 11) is -3.41. The molecule has 0 bridgehead atoms. The molecule has 0 aliphatic rings. The van der Waals surface area contributed by atoms with Gasteiger partial charge in [0.1, 0.15) is 18.1 Å². The first-order valence-electron chi connectivity index (χ1n) is 14.5. The summed E-state index contributed by atoms with van der Waals surface area (Å²) >= 11 is 0. The van der Waals surface area contributed by atoms with Crippen LogP contribution in [-0.4, -0.2) is 61.5 Å². The number of rotatable bonds is 17. The van der Waals surface area contributed by atoms with Crippen LogP contribution >= 0.6 is 0 Å². The third-order valence-electron chi connectivity index (χ3n) is 6.54. The first kappa shape index (κ1) is 36.0. The second-order valence-corrected chi connectivity index (χ2v) is 13.6. The van der Waals surface area contributed by atoms with Gasteiger partial charge in [0.05, 0.1) is 0 Å². The molecular formula is C31H43N7O5S. The number of amides is 3. The molecular weight excluding hydrogens is 582 g/mol. The molecule has 1 aromatic carbocycles. The zero-order chi connectivity index (χ0) is 32.7. The van der Waals surface area contributed by atoms with Crippen molar-refractivity contribution in [2.24, 2.45) is 17.0 Å². The molecule has 1 aromatic heterocycles. The zero-order valence-corrected chi connectivity index (χ0v) is 26.7. The van der Waals surface area contributed by atoms with Crippen molar-refractivity contribution in [1.29, 1.82) is 0 Å². The standard InChI is InChI=1S/C31H43N7O5S/c1-21(2)17-25(13-16-44(5,42)43)34-29(39)26(18-22(3)4)35-30(40)27(19-24-11-14-33-15-12-24)36-31(41)28(37-38-32)20-23-9-7-6-8-10-23/h6-16,21-22,25-28H,17-20H2,1-5H3,(H,34,39)(H,35,40)(H,36,41)/b16-13+/t25-,26+,27+,28?/m1/s1. The number of hydrogen-bond acceptors (Lipinski definition) is 7. The molecule has 3 N–H and O–H groups in total. The van der Waals surface area contributed by atoms with Crippen molar-refractivity contribution < 1.29 is 22.8 Å². The van der Waals surface area contributed by atoms with Gasteiger partial charge in [-0.05, 0) is 59.9 Å². The Labute approximate surface area is 259 Å². The van der Waals surface area contributed by atoms with E-state index in [1.54, 1.807) is 36.7 Å². The third kappa shape index (κ3) is 13.8. The summed E-state index contributed by atoms with van der Waals surface area (Å²) in [4.78, 5) is 47.4. The Hall–Kier alpha value is -4.22. The van der Waals surface area contributed by atoms with Gasteiger partial charge in [0.15, 0.2) is 9.84 Å². The Balaban J connectivity index is 2.32. The number of aromatic nitrogens is 1. The average Bonchev–Trinajstić information content (AvgIpc) is 2.95. The normalized spacial score (nSPS) is 14.3. The molecule has 1 heterocycles. The van der Waals surface area contributed by atoms with Crippen molar-refractivity contribution in [3.63, 3.8) is 0 Å². The summed E-state index contributed by atoms with van der Waals surface area (Å²) in [5.74, 6) is -1.52. The van der Waals surface area contributed by atoms with Crippen LogP contribution in [0.5, 0.6) is 0 Å². The molecule has 0 radical (unpaired) electrons. The van der Waals surface area contributed by atoms with Crippen molar-refractivity contribution in [2.75, 3.05) is 6.26 Å². The van der Waals surface area contributed by atoms with Crippen LogP contribution in [0.4, 0.5) is 0 Å². The molecule has 0 aliphatic heterocycles. The fourth-order valence-corrected chi connectivity index (χ4v) is 4.98. The Morgan fingerprint density at radius 2 is 1.41 bits per heavy atom. The number of nitrogens with one attached hydrogen (secondary N) is 3. The van der Waals surface area contributed by atoms with E-state index >= 15 is 0 Å². The number of sulfone groups is 1. The lowest BCUT2D eigenvalue weighted by Gasteiger charge is -2.27. The Morgan fingerprint density at radius 3 is 1.98 bits per heavy atom. The lowest BCUT2D eigenvalue weighted by Crippen LogP contribution is -2.56. The maximum absolute atomic E-state index is 13.7. The van der Waals surface area contributed by atoms with Crippen LogP contribution in [-0.2, 0) is 37.1 Å². The van der Waals surface area contributed by atoms with Gasteiger partial charge in [0.2, 0.25) is 17.7 Å². The van der Waals surface area contributed by atoms with Gasteiger partial charge < -0.3 is 16.0 Å². The predicted molar refractivity (Wildman–Crippen MR) is 170 cm³/mol. The topological polar surface area (TPSA) is 183 Å². The van der Waals surface area contributed by atoms with E-state index in [1.807, 2.05) is 45.9 Å². The fourth-order valence-electron chi connectivity index (χ4n) is 4.51. The van der Waals surface area contributed by atoms with Crippen molar-refractivity contribution in [1.82, 2.24) is 20.9 Å². The number of hydrogen-bond donors (Lipinski definition) is 3. The molecule has 44 heavy (non-hydrogen) atoms. The van der Waals surface area contributed by atoms with Crippen molar-refractivity contribution in [2.45, 2.75) is 77.5 Å². The van der Waals surface area contributed by atoms with Gasteiger partial charge in [-0.1, -0.05) is 69.2 Å². The zero-order valence-electron chi connectivity index (χ0n) is 25.9. The summed E-state index contributed by atoms with van der Waals surface area (Å²) in [5.41, 5.74) is 10.6. The molecule has 3 amide bonds. The summed E-state index contributed by atoms with van der Waals surface area (Å²) in [6.07, 6.45) is 6.67. The second-order valence-electron chi connectivity index (χ2n) is 11.6. The molecule has 0 saturated carbocycles. The molecule has 12 nitrogen and oxygen atoms in total. The van der Waals surface area contributed by atoms with E-state index in [2.05, 4.69) is 31.0 Å². The van der Waals surface area contributed by atoms with Gasteiger partial charge >= 0.3 is 0 Å². The first-order valence-corrected chi connectivity index (χ1v) is 16.5. The average molecular weight is 626 g/mol. The maximum atomic E-state index is 13.7. The van der Waals surface area contributed by atoms with Crippen LogP contribution in [0.2, 0.25) is 0 Å². The summed E-state index contributed by atoms with van der Waals surface area (Å²) in [6, 6.07) is 8.75. The highest BCUT2D eigenvalue weighted by atomic mass is 32.2. The maximum Gasteiger partial charge on any atom is 0.243 e. The van der Waals surface area contributed by atoms with Crippen LogP contribution in [0.1, 0.15) is 51.7 Å². The van der Waals surface area contributed by atoms with E-state index < -0.39 is 51.7 Å². The largest absolute Gasteiger partial charge is 0.348 e. The highest BCUT2D eigenvalue weighted by Gasteiger charge is 2.30. The Bertz CT molecular complexity index is 1410. The number of carbonyl (C=O) groups excluding carboxylic acids is 3. The van der Waals surface area contributed by atoms with Crippen LogP contribution in [0, 0.1) is 11.8 Å². The molecule has 13 heteroatoms. The van der Waals surface area contributed by atoms with Crippen molar-refractivity contribution >= 4 is 27.6 Å². The smallest absolute Gasteiger partial charge is 0.243 e. The molecule has 0 fully saturated rings. The molecule has 2 aromatic rings. The highest BCUT2D eigenvalue weighted by Crippen LogP contribution is 2.12. The van der Waals surface area contributed by atoms with Gasteiger partial charge in [-0.15, -0.1) is 0 Å². The van der Waals surface area contributed by atoms with Gasteiger partial charge in [0, 0.05) is 41.4 Å². The molecule has 2 rings (SSSR count). The van der Waals surface area contributed by atoms with Crippen molar-refractivity contribution in [3.05, 3.63) is 87.9 Å². The van der Waals surface area contributed by atoms with Crippen LogP contribution in [0.15, 0.2) is 71.5 Å². The van der Waals surface area contributed by atoms with Crippen molar-refractivity contribution in [3.8, 4) is 0 Å². The minimum absolute atomic E-state index is 0.0228. The fraction of sp³-hybridized carbons (Fsp3) is 0.484. The number of benzene rings is 1. The lowest BCUT2D eigenvalue weighted by molar-refractivity contribution is -0.132. The molecule has 0 aliphatic carbocycles. The van der Waals surface area contributed by atoms with Crippen LogP contribution in [0.25, 0.3) is 10.4 Å². The summed E-state index contributed by atoms with van der Waals surface area (Å²) in [6.45, 7) is 7.72. The number of nitrogens with zero attached hydrogens (tertiary/aromatic N) is 4. The predicted octanol–water partition coefficient (Wildman–Crippen LogP) is 3.65. The quantitative estimate of drug-likeness (QED) is 0.137. The lowest BCUT2D eigenvalue weighted by atomic mass is 9.99. The van der Waals surface area contributed by atoms with Crippen LogP contribution < -0.4 is 16.0 Å². The molecule has 1 unspecified atom stereocenters. The van der Waals surface area contributed by atoms with E-state index in [-0.39, 0.29) is 24.7 Å². The van der Waals surface area contributed by atoms with Gasteiger partial charge in [-0.25, -0.2) is 8.42 Å². The molecule has 238 valence electrons. The monoisotopic (exact) mass is 625 g/mol. The second kappa shape index (κ2) is 17.8. The molecule has 4 atom stereocenters. The number of carbonyl (C=O) groups is 3. The Morgan fingerprint density at radius 1 is 0.841 bits per heavy atom. The van der Waals surface area contributed by atoms with Gasteiger partial charge in [-0.2, -0.15) is 0 Å². The number of pyridine rings is 1. The molecule has 0 saturated heterocycles. The van der Waals surface area contributed by atoms with Crippen LogP contribution in [0.3, 0.4) is 0 Å². The number of azide groups is 1.